The summed E-state index contributed by atoms with van der Waals surface area (Å²) in [7, 11) is 0. The summed E-state index contributed by atoms with van der Waals surface area (Å²) in [6, 6.07) is 6.63. The van der Waals surface area contributed by atoms with Crippen molar-refractivity contribution in [2.24, 2.45) is 0 Å². The summed E-state index contributed by atoms with van der Waals surface area (Å²) in [4.78, 5) is 0. The van der Waals surface area contributed by atoms with E-state index in [-0.39, 0.29) is 0 Å². The van der Waals surface area contributed by atoms with Crippen LogP contribution in [0.4, 0.5) is 5.69 Å². The van der Waals surface area contributed by atoms with Crippen LogP contribution in [0.15, 0.2) is 22.7 Å². The second kappa shape index (κ2) is 8.71. The van der Waals surface area contributed by atoms with Crippen molar-refractivity contribution in [3.8, 4) is 0 Å². The number of hydrogen-bond donors (Lipinski definition) is 1. The van der Waals surface area contributed by atoms with Crippen LogP contribution in [0.2, 0.25) is 0 Å². The lowest BCUT2D eigenvalue weighted by molar-refractivity contribution is 0.543. The smallest absolute Gasteiger partial charge is 0.0377 e. The highest BCUT2D eigenvalue weighted by Crippen LogP contribution is 2.36. The number of anilines is 1. The molecule has 1 unspecified atom stereocenters. The van der Waals surface area contributed by atoms with E-state index >= 15 is 0 Å². The van der Waals surface area contributed by atoms with E-state index in [1.165, 1.54) is 73.5 Å². The predicted molar refractivity (Wildman–Crippen MR) is 92.6 cm³/mol. The molecule has 1 aromatic carbocycles. The van der Waals surface area contributed by atoms with Gasteiger partial charge in [0.15, 0.2) is 0 Å². The molecule has 0 aliphatic carbocycles. The molecule has 1 aliphatic rings. The van der Waals surface area contributed by atoms with E-state index in [1.54, 1.807) is 0 Å². The van der Waals surface area contributed by atoms with E-state index < -0.39 is 0 Å². The van der Waals surface area contributed by atoms with Crippen molar-refractivity contribution in [1.82, 2.24) is 0 Å². The van der Waals surface area contributed by atoms with Crippen molar-refractivity contribution >= 4 is 21.6 Å². The maximum Gasteiger partial charge on any atom is 0.0377 e. The third-order valence-electron chi connectivity index (χ3n) is 4.40. The fraction of sp³-hybridized carbons (Fsp3) is 0.667. The maximum atomic E-state index is 3.59. The molecule has 0 radical (unpaired) electrons. The standard InChI is InChI=1S/C18H28BrN/c1-2-3-4-5-6-7-8-9-10-15-14-20-18-12-11-16(19)13-17(15)18/h11-13,15,20H,2-10,14H2,1H3. The first-order chi connectivity index (χ1) is 9.81. The minimum absolute atomic E-state index is 0.725. The molecule has 0 bridgehead atoms. The van der Waals surface area contributed by atoms with Crippen LogP contribution in [0.25, 0.3) is 0 Å². The Morgan fingerprint density at radius 3 is 2.50 bits per heavy atom. The third-order valence-corrected chi connectivity index (χ3v) is 4.89. The summed E-state index contributed by atoms with van der Waals surface area (Å²) in [6.45, 7) is 3.41. The zero-order valence-corrected chi connectivity index (χ0v) is 14.3. The van der Waals surface area contributed by atoms with Gasteiger partial charge in [0, 0.05) is 22.6 Å². The van der Waals surface area contributed by atoms with Crippen LogP contribution in [-0.4, -0.2) is 6.54 Å². The van der Waals surface area contributed by atoms with Gasteiger partial charge in [-0.05, 0) is 30.2 Å². The Labute approximate surface area is 132 Å². The number of hydrogen-bond acceptors (Lipinski definition) is 1. The molecule has 20 heavy (non-hydrogen) atoms. The summed E-state index contributed by atoms with van der Waals surface area (Å²) in [5, 5.41) is 3.53. The molecule has 0 saturated heterocycles. The summed E-state index contributed by atoms with van der Waals surface area (Å²) in [6.07, 6.45) is 12.6. The molecule has 0 amide bonds. The molecule has 112 valence electrons. The maximum absolute atomic E-state index is 3.59. The largest absolute Gasteiger partial charge is 0.384 e. The summed E-state index contributed by atoms with van der Waals surface area (Å²) >= 11 is 3.59. The molecule has 2 rings (SSSR count). The normalized spacial score (nSPS) is 17.0. The Balaban J connectivity index is 1.61. The third kappa shape index (κ3) is 4.80. The zero-order chi connectivity index (χ0) is 14.2. The summed E-state index contributed by atoms with van der Waals surface area (Å²) in [5.41, 5.74) is 2.86. The van der Waals surface area contributed by atoms with Crippen molar-refractivity contribution < 1.29 is 0 Å². The first-order valence-electron chi connectivity index (χ1n) is 8.34. The van der Waals surface area contributed by atoms with Gasteiger partial charge in [0.1, 0.15) is 0 Å². The van der Waals surface area contributed by atoms with Gasteiger partial charge in [-0.3, -0.25) is 0 Å². The lowest BCUT2D eigenvalue weighted by Gasteiger charge is -2.10. The van der Waals surface area contributed by atoms with Crippen molar-refractivity contribution in [3.05, 3.63) is 28.2 Å². The van der Waals surface area contributed by atoms with Gasteiger partial charge in [-0.1, -0.05) is 74.2 Å². The van der Waals surface area contributed by atoms with Crippen LogP contribution in [-0.2, 0) is 0 Å². The second-order valence-electron chi connectivity index (χ2n) is 6.07. The molecule has 1 aliphatic heterocycles. The van der Waals surface area contributed by atoms with Crippen molar-refractivity contribution in [3.63, 3.8) is 0 Å². The quantitative estimate of drug-likeness (QED) is 0.508. The van der Waals surface area contributed by atoms with E-state index in [0.29, 0.717) is 0 Å². The Bertz CT molecular complexity index is 402. The lowest BCUT2D eigenvalue weighted by Crippen LogP contribution is -2.01. The predicted octanol–water partition coefficient (Wildman–Crippen LogP) is 6.49. The Hall–Kier alpha value is -0.500. The molecule has 0 saturated carbocycles. The van der Waals surface area contributed by atoms with Crippen molar-refractivity contribution in [1.29, 1.82) is 0 Å². The molecule has 1 aromatic rings. The molecule has 1 heterocycles. The fourth-order valence-electron chi connectivity index (χ4n) is 3.16. The Morgan fingerprint density at radius 1 is 1.05 bits per heavy atom. The first kappa shape index (κ1) is 15.9. The number of fused-ring (bicyclic) bond motifs is 1. The van der Waals surface area contributed by atoms with Crippen LogP contribution in [0.3, 0.4) is 0 Å². The topological polar surface area (TPSA) is 12.0 Å². The minimum Gasteiger partial charge on any atom is -0.384 e. The number of unbranched alkanes of at least 4 members (excludes halogenated alkanes) is 7. The van der Waals surface area contributed by atoms with E-state index in [1.807, 2.05) is 0 Å². The van der Waals surface area contributed by atoms with Crippen molar-refractivity contribution in [2.75, 3.05) is 11.9 Å². The second-order valence-corrected chi connectivity index (χ2v) is 6.99. The zero-order valence-electron chi connectivity index (χ0n) is 12.8. The molecule has 2 heteroatoms. The van der Waals surface area contributed by atoms with Crippen molar-refractivity contribution in [2.45, 2.75) is 70.6 Å². The van der Waals surface area contributed by atoms with Crippen LogP contribution >= 0.6 is 15.9 Å². The number of halogens is 1. The molecular weight excluding hydrogens is 310 g/mol. The molecule has 1 nitrogen and oxygen atoms in total. The fourth-order valence-corrected chi connectivity index (χ4v) is 3.54. The van der Waals surface area contributed by atoms with Gasteiger partial charge >= 0.3 is 0 Å². The lowest BCUT2D eigenvalue weighted by atomic mass is 9.94. The van der Waals surface area contributed by atoms with Crippen LogP contribution in [0.1, 0.15) is 76.2 Å². The average molecular weight is 338 g/mol. The van der Waals surface area contributed by atoms with E-state index in [9.17, 15) is 0 Å². The van der Waals surface area contributed by atoms with Gasteiger partial charge in [0.05, 0.1) is 0 Å². The van der Waals surface area contributed by atoms with E-state index in [0.717, 1.165) is 12.5 Å². The molecule has 0 aromatic heterocycles. The van der Waals surface area contributed by atoms with Gasteiger partial charge in [0.2, 0.25) is 0 Å². The van der Waals surface area contributed by atoms with E-state index in [4.69, 9.17) is 0 Å². The molecule has 1 N–H and O–H groups in total. The number of rotatable bonds is 9. The van der Waals surface area contributed by atoms with Crippen LogP contribution < -0.4 is 5.32 Å². The highest BCUT2D eigenvalue weighted by molar-refractivity contribution is 9.10. The Kier molecular flexibility index (Phi) is 6.92. The van der Waals surface area contributed by atoms with Gasteiger partial charge in [-0.15, -0.1) is 0 Å². The Morgan fingerprint density at radius 2 is 1.75 bits per heavy atom. The SMILES string of the molecule is CCCCCCCCCCC1CNc2ccc(Br)cc21. The molecule has 1 atom stereocenters. The number of benzene rings is 1. The first-order valence-corrected chi connectivity index (χ1v) is 9.14. The highest BCUT2D eigenvalue weighted by Gasteiger charge is 2.21. The van der Waals surface area contributed by atoms with E-state index in [2.05, 4.69) is 46.4 Å². The monoisotopic (exact) mass is 337 g/mol. The summed E-state index contributed by atoms with van der Waals surface area (Å²) < 4.78 is 1.21. The number of nitrogens with one attached hydrogen (secondary N) is 1. The molecule has 0 spiro atoms. The van der Waals surface area contributed by atoms with Gasteiger partial charge in [0.25, 0.3) is 0 Å². The van der Waals surface area contributed by atoms with Gasteiger partial charge < -0.3 is 5.32 Å². The average Bonchev–Trinajstić information content (AvgIpc) is 2.84. The van der Waals surface area contributed by atoms with Crippen LogP contribution in [0.5, 0.6) is 0 Å². The van der Waals surface area contributed by atoms with Gasteiger partial charge in [-0.25, -0.2) is 0 Å². The van der Waals surface area contributed by atoms with Crippen LogP contribution in [0, 0.1) is 0 Å². The van der Waals surface area contributed by atoms with Gasteiger partial charge in [-0.2, -0.15) is 0 Å². The minimum atomic E-state index is 0.725. The summed E-state index contributed by atoms with van der Waals surface area (Å²) in [5.74, 6) is 0.725. The highest BCUT2D eigenvalue weighted by atomic mass is 79.9. The molecular formula is C18H28BrN. The molecule has 0 fully saturated rings.